The number of aliphatic hydroxyl groups excluding tert-OH is 3. The van der Waals surface area contributed by atoms with Crippen LogP contribution in [0.25, 0.3) is 0 Å². The number of aliphatic hydroxyl groups is 4. The van der Waals surface area contributed by atoms with Gasteiger partial charge in [0.15, 0.2) is 23.6 Å². The third-order valence-corrected chi connectivity index (χ3v) is 8.75. The van der Waals surface area contributed by atoms with Gasteiger partial charge in [-0.05, 0) is 12.5 Å². The van der Waals surface area contributed by atoms with Crippen molar-refractivity contribution in [3.63, 3.8) is 0 Å². The van der Waals surface area contributed by atoms with Gasteiger partial charge in [-0.15, -0.1) is 0 Å². The molecule has 1 aliphatic heterocycles. The summed E-state index contributed by atoms with van der Waals surface area (Å²) in [6.07, 6.45) is -7.28. The molecule has 8 N–H and O–H groups in total. The Morgan fingerprint density at radius 2 is 1.74 bits per heavy atom. The standard InChI is InChI=1S/C31H33NO14/c1-12-26(39)16(32-19(36)5-6-20(37)38)7-21(45-12)46-17-9-31(44,18(35)11-34)8-15-23(17)30(43)25-24(28(15)41)27(40)14-4-2-3-13(10-33)22(14)29(25)42/h2-4,12,16-17,21,26,33-34,39,41,43-44H,5-11H2,1H3,(H,32,36)(H,37,38)/t12?,16-,17+,21+,26-,31+/m1/s1. The van der Waals surface area contributed by atoms with Crippen molar-refractivity contribution in [1.29, 1.82) is 0 Å². The molecule has 0 aromatic heterocycles. The molecule has 2 aliphatic carbocycles. The molecule has 15 heteroatoms. The second-order valence-electron chi connectivity index (χ2n) is 11.7. The minimum Gasteiger partial charge on any atom is -0.507 e. The number of phenols is 2. The molecule has 1 saturated heterocycles. The van der Waals surface area contributed by atoms with Gasteiger partial charge in [-0.2, -0.15) is 0 Å². The number of aromatic hydroxyl groups is 2. The number of ketones is 3. The third kappa shape index (κ3) is 5.65. The van der Waals surface area contributed by atoms with Gasteiger partial charge in [0.05, 0.1) is 42.4 Å². The monoisotopic (exact) mass is 643 g/mol. The van der Waals surface area contributed by atoms with Crippen LogP contribution >= 0.6 is 0 Å². The van der Waals surface area contributed by atoms with E-state index in [2.05, 4.69) is 5.32 Å². The normalized spacial score (nSPS) is 26.9. The highest BCUT2D eigenvalue weighted by Crippen LogP contribution is 2.52. The maximum Gasteiger partial charge on any atom is 0.303 e. The first-order valence-corrected chi connectivity index (χ1v) is 14.5. The van der Waals surface area contributed by atoms with Crippen molar-refractivity contribution in [3.8, 4) is 11.5 Å². The van der Waals surface area contributed by atoms with Crippen LogP contribution in [0.1, 0.15) is 87.2 Å². The summed E-state index contributed by atoms with van der Waals surface area (Å²) in [5, 5.41) is 75.9. The second-order valence-corrected chi connectivity index (χ2v) is 11.7. The zero-order valence-electron chi connectivity index (χ0n) is 24.6. The lowest BCUT2D eigenvalue weighted by molar-refractivity contribution is -0.249. The summed E-state index contributed by atoms with van der Waals surface area (Å²) >= 11 is 0. The fourth-order valence-electron chi connectivity index (χ4n) is 6.42. The average Bonchev–Trinajstić information content (AvgIpc) is 3.01. The number of benzene rings is 2. The van der Waals surface area contributed by atoms with Crippen molar-refractivity contribution >= 4 is 29.2 Å². The van der Waals surface area contributed by atoms with E-state index in [-0.39, 0.29) is 40.7 Å². The minimum absolute atomic E-state index is 0.105. The van der Waals surface area contributed by atoms with Crippen molar-refractivity contribution in [2.75, 3.05) is 6.61 Å². The average molecular weight is 644 g/mol. The number of carboxylic acids is 1. The molecule has 0 saturated carbocycles. The molecule has 6 atom stereocenters. The smallest absolute Gasteiger partial charge is 0.303 e. The van der Waals surface area contributed by atoms with Gasteiger partial charge >= 0.3 is 5.97 Å². The molecule has 0 bridgehead atoms. The van der Waals surface area contributed by atoms with Gasteiger partial charge in [0, 0.05) is 47.9 Å². The second kappa shape index (κ2) is 12.5. The first-order chi connectivity index (χ1) is 21.7. The highest BCUT2D eigenvalue weighted by atomic mass is 16.7. The Kier molecular flexibility index (Phi) is 9.01. The summed E-state index contributed by atoms with van der Waals surface area (Å²) in [5.41, 5.74) is -4.23. The lowest BCUT2D eigenvalue weighted by atomic mass is 9.71. The summed E-state index contributed by atoms with van der Waals surface area (Å²) < 4.78 is 11.9. The molecule has 3 aliphatic rings. The molecule has 2 aromatic carbocycles. The van der Waals surface area contributed by atoms with E-state index in [0.717, 1.165) is 0 Å². The lowest BCUT2D eigenvalue weighted by Crippen LogP contribution is -2.55. The summed E-state index contributed by atoms with van der Waals surface area (Å²) in [6.45, 7) is -0.232. The molecule has 1 unspecified atom stereocenters. The zero-order chi connectivity index (χ0) is 33.7. The zero-order valence-corrected chi connectivity index (χ0v) is 24.6. The van der Waals surface area contributed by atoms with Gasteiger partial charge in [0.25, 0.3) is 0 Å². The number of nitrogens with one attached hydrogen (secondary N) is 1. The number of hydrogen-bond acceptors (Lipinski definition) is 13. The fourth-order valence-corrected chi connectivity index (χ4v) is 6.42. The Bertz CT molecular complexity index is 1640. The van der Waals surface area contributed by atoms with Gasteiger partial charge in [0.2, 0.25) is 5.91 Å². The maximum atomic E-state index is 13.7. The SMILES string of the molecule is CC1O[C@@H](O[C@H]2C[C@](O)(C(=O)CO)Cc3c(O)c4c(c(O)c32)C(=O)c2c(CO)cccc2C4=O)C[C@@H](NC(=O)CCC(=O)O)[C@@H]1O. The number of carboxylic acid groups (broad SMARTS) is 1. The van der Waals surface area contributed by atoms with Crippen LogP contribution in [0.5, 0.6) is 11.5 Å². The van der Waals surface area contributed by atoms with Crippen LogP contribution in [0.2, 0.25) is 0 Å². The van der Waals surface area contributed by atoms with Crippen LogP contribution in [0.15, 0.2) is 18.2 Å². The number of aliphatic carboxylic acids is 1. The molecule has 1 heterocycles. The number of carbonyl (C=O) groups excluding carboxylic acids is 4. The van der Waals surface area contributed by atoms with E-state index >= 15 is 0 Å². The number of hydrogen-bond donors (Lipinski definition) is 8. The van der Waals surface area contributed by atoms with E-state index in [1.165, 1.54) is 25.1 Å². The third-order valence-electron chi connectivity index (χ3n) is 8.75. The Balaban J connectivity index is 1.57. The summed E-state index contributed by atoms with van der Waals surface area (Å²) in [6, 6.07) is 3.18. The van der Waals surface area contributed by atoms with Crippen LogP contribution in [0.4, 0.5) is 0 Å². The molecule has 2 aromatic rings. The van der Waals surface area contributed by atoms with Crippen molar-refractivity contribution in [2.24, 2.45) is 0 Å². The molecule has 1 fully saturated rings. The molecular formula is C31H33NO14. The van der Waals surface area contributed by atoms with Crippen molar-refractivity contribution < 1.29 is 69.2 Å². The first-order valence-electron chi connectivity index (χ1n) is 14.5. The highest BCUT2D eigenvalue weighted by Gasteiger charge is 2.50. The van der Waals surface area contributed by atoms with E-state index < -0.39 is 121 Å². The number of phenolic OH excluding ortho intramolecular Hbond substituents is 2. The molecule has 1 amide bonds. The van der Waals surface area contributed by atoms with Crippen LogP contribution < -0.4 is 5.32 Å². The Hall–Kier alpha value is -4.25. The molecular weight excluding hydrogens is 610 g/mol. The number of amides is 1. The molecule has 0 spiro atoms. The molecule has 246 valence electrons. The number of carbonyl (C=O) groups is 5. The first kappa shape index (κ1) is 33.1. The van der Waals surface area contributed by atoms with Crippen LogP contribution in [-0.4, -0.2) is 102 Å². The van der Waals surface area contributed by atoms with Crippen molar-refractivity contribution in [3.05, 3.63) is 57.1 Å². The lowest BCUT2D eigenvalue weighted by Gasteiger charge is -2.43. The molecule has 46 heavy (non-hydrogen) atoms. The van der Waals surface area contributed by atoms with E-state index in [9.17, 15) is 54.6 Å². The van der Waals surface area contributed by atoms with E-state index in [0.29, 0.717) is 0 Å². The van der Waals surface area contributed by atoms with Gasteiger partial charge in [-0.3, -0.25) is 24.0 Å². The summed E-state index contributed by atoms with van der Waals surface area (Å²) in [5.74, 6) is -6.20. The Labute approximate surface area is 261 Å². The Morgan fingerprint density at radius 3 is 2.39 bits per heavy atom. The van der Waals surface area contributed by atoms with Gasteiger partial charge in [-0.1, -0.05) is 18.2 Å². The summed E-state index contributed by atoms with van der Waals surface area (Å²) in [7, 11) is 0. The van der Waals surface area contributed by atoms with Crippen molar-refractivity contribution in [1.82, 2.24) is 5.32 Å². The minimum atomic E-state index is -2.36. The fraction of sp³-hybridized carbons (Fsp3) is 0.452. The number of ether oxygens (including phenoxy) is 2. The highest BCUT2D eigenvalue weighted by molar-refractivity contribution is 6.31. The van der Waals surface area contributed by atoms with Gasteiger partial charge in [0.1, 0.15) is 29.8 Å². The summed E-state index contributed by atoms with van der Waals surface area (Å²) in [4.78, 5) is 63.3. The van der Waals surface area contributed by atoms with E-state index in [1.807, 2.05) is 0 Å². The van der Waals surface area contributed by atoms with Gasteiger partial charge < -0.3 is 50.5 Å². The van der Waals surface area contributed by atoms with E-state index in [1.54, 1.807) is 0 Å². The van der Waals surface area contributed by atoms with Crippen LogP contribution in [-0.2, 0) is 36.9 Å². The largest absolute Gasteiger partial charge is 0.507 e. The molecule has 0 radical (unpaired) electrons. The number of rotatable bonds is 9. The predicted molar refractivity (Wildman–Crippen MR) is 152 cm³/mol. The molecule has 15 nitrogen and oxygen atoms in total. The van der Waals surface area contributed by atoms with Gasteiger partial charge in [-0.25, -0.2) is 0 Å². The van der Waals surface area contributed by atoms with E-state index in [4.69, 9.17) is 14.6 Å². The Morgan fingerprint density at radius 1 is 1.04 bits per heavy atom. The predicted octanol–water partition coefficient (Wildman–Crippen LogP) is -0.493. The molecule has 5 rings (SSSR count). The van der Waals surface area contributed by atoms with Crippen LogP contribution in [0.3, 0.4) is 0 Å². The van der Waals surface area contributed by atoms with Crippen molar-refractivity contribution in [2.45, 2.75) is 81.9 Å². The maximum absolute atomic E-state index is 13.7. The quantitative estimate of drug-likeness (QED) is 0.137. The van der Waals surface area contributed by atoms with Crippen LogP contribution in [0, 0.1) is 0 Å². The topological polar surface area (TPSA) is 257 Å². The number of Topliss-reactive ketones (excluding diaryl/α,β-unsaturated/α-hetero) is 1. The number of fused-ring (bicyclic) bond motifs is 3.